The number of benzene rings is 1. The highest BCUT2D eigenvalue weighted by atomic mass is 16.5. The standard InChI is InChI=1S/C14H20N2O/c1-14(16,12-15)9-11-17-10-5-8-13-6-3-2-4-7-13/h2-4,6-7H,5,8-11,16H2,1H3. The Morgan fingerprint density at radius 2 is 2.00 bits per heavy atom. The quantitative estimate of drug-likeness (QED) is 0.734. The highest BCUT2D eigenvalue weighted by Crippen LogP contribution is 2.05. The van der Waals surface area contributed by atoms with Crippen LogP contribution in [0, 0.1) is 11.3 Å². The monoisotopic (exact) mass is 232 g/mol. The predicted octanol–water partition coefficient (Wildman–Crippen LogP) is 2.27. The molecule has 2 N–H and O–H groups in total. The molecule has 1 rings (SSSR count). The zero-order chi connectivity index (χ0) is 12.6. The molecule has 0 bridgehead atoms. The first kappa shape index (κ1) is 13.7. The second kappa shape index (κ2) is 7.05. The Bertz CT molecular complexity index is 354. The number of rotatable bonds is 7. The van der Waals surface area contributed by atoms with E-state index in [4.69, 9.17) is 15.7 Å². The summed E-state index contributed by atoms with van der Waals surface area (Å²) in [6.07, 6.45) is 2.60. The van der Waals surface area contributed by atoms with Gasteiger partial charge in [0, 0.05) is 19.6 Å². The first-order valence-electron chi connectivity index (χ1n) is 5.96. The fourth-order valence-electron chi connectivity index (χ4n) is 1.47. The number of ether oxygens (including phenoxy) is 1. The Hall–Kier alpha value is -1.37. The van der Waals surface area contributed by atoms with Gasteiger partial charge in [0.25, 0.3) is 0 Å². The van der Waals surface area contributed by atoms with E-state index in [2.05, 4.69) is 18.2 Å². The van der Waals surface area contributed by atoms with Crippen molar-refractivity contribution in [3.8, 4) is 6.07 Å². The average Bonchev–Trinajstić information content (AvgIpc) is 2.35. The SMILES string of the molecule is CC(N)(C#N)CCOCCCc1ccccc1. The molecule has 0 fully saturated rings. The molecule has 0 aliphatic heterocycles. The maximum Gasteiger partial charge on any atom is 0.103 e. The van der Waals surface area contributed by atoms with E-state index < -0.39 is 5.54 Å². The lowest BCUT2D eigenvalue weighted by Crippen LogP contribution is -2.35. The van der Waals surface area contributed by atoms with Gasteiger partial charge in [-0.15, -0.1) is 0 Å². The third-order valence-electron chi connectivity index (χ3n) is 2.62. The number of nitrogens with zero attached hydrogens (tertiary/aromatic N) is 1. The zero-order valence-corrected chi connectivity index (χ0v) is 10.4. The molecule has 0 aliphatic carbocycles. The normalized spacial score (nSPS) is 13.9. The average molecular weight is 232 g/mol. The number of nitrogens with two attached hydrogens (primary N) is 1. The summed E-state index contributed by atoms with van der Waals surface area (Å²) in [6, 6.07) is 12.4. The minimum atomic E-state index is -0.764. The molecule has 3 nitrogen and oxygen atoms in total. The first-order valence-corrected chi connectivity index (χ1v) is 5.96. The van der Waals surface area contributed by atoms with Gasteiger partial charge in [-0.05, 0) is 25.3 Å². The molecule has 1 aromatic rings. The van der Waals surface area contributed by atoms with E-state index in [1.54, 1.807) is 6.92 Å². The van der Waals surface area contributed by atoms with Gasteiger partial charge in [-0.3, -0.25) is 0 Å². The number of hydrogen-bond donors (Lipinski definition) is 1. The van der Waals surface area contributed by atoms with E-state index in [0.717, 1.165) is 19.4 Å². The Morgan fingerprint density at radius 3 is 2.65 bits per heavy atom. The molecule has 0 aromatic heterocycles. The largest absolute Gasteiger partial charge is 0.381 e. The molecule has 17 heavy (non-hydrogen) atoms. The molecule has 92 valence electrons. The van der Waals surface area contributed by atoms with Crippen molar-refractivity contribution in [2.75, 3.05) is 13.2 Å². The van der Waals surface area contributed by atoms with Gasteiger partial charge in [-0.1, -0.05) is 30.3 Å². The Balaban J connectivity index is 2.04. The topological polar surface area (TPSA) is 59.0 Å². The van der Waals surface area contributed by atoms with Gasteiger partial charge >= 0.3 is 0 Å². The summed E-state index contributed by atoms with van der Waals surface area (Å²) in [5, 5.41) is 8.71. The van der Waals surface area contributed by atoms with Crippen LogP contribution in [0.25, 0.3) is 0 Å². The lowest BCUT2D eigenvalue weighted by atomic mass is 10.0. The van der Waals surface area contributed by atoms with E-state index in [9.17, 15) is 0 Å². The minimum absolute atomic E-state index is 0.551. The predicted molar refractivity (Wildman–Crippen MR) is 68.4 cm³/mol. The molecule has 1 unspecified atom stereocenters. The van der Waals surface area contributed by atoms with Gasteiger partial charge in [0.2, 0.25) is 0 Å². The summed E-state index contributed by atoms with van der Waals surface area (Å²) >= 11 is 0. The summed E-state index contributed by atoms with van der Waals surface area (Å²) in [4.78, 5) is 0. The van der Waals surface area contributed by atoms with Crippen LogP contribution < -0.4 is 5.73 Å². The van der Waals surface area contributed by atoms with E-state index in [1.807, 2.05) is 18.2 Å². The van der Waals surface area contributed by atoms with E-state index in [-0.39, 0.29) is 0 Å². The second-order valence-electron chi connectivity index (χ2n) is 4.48. The molecule has 0 radical (unpaired) electrons. The van der Waals surface area contributed by atoms with Gasteiger partial charge in [0.15, 0.2) is 0 Å². The Morgan fingerprint density at radius 1 is 1.29 bits per heavy atom. The lowest BCUT2D eigenvalue weighted by Gasteiger charge is -2.14. The van der Waals surface area contributed by atoms with Crippen LogP contribution >= 0.6 is 0 Å². The summed E-state index contributed by atoms with van der Waals surface area (Å²) in [7, 11) is 0. The summed E-state index contributed by atoms with van der Waals surface area (Å²) in [5.41, 5.74) is 6.25. The maximum atomic E-state index is 8.71. The van der Waals surface area contributed by atoms with E-state index in [0.29, 0.717) is 13.0 Å². The van der Waals surface area contributed by atoms with Crippen LogP contribution in [0.15, 0.2) is 30.3 Å². The van der Waals surface area contributed by atoms with Crippen LogP contribution in [0.2, 0.25) is 0 Å². The van der Waals surface area contributed by atoms with Crippen molar-refractivity contribution in [2.24, 2.45) is 5.73 Å². The van der Waals surface area contributed by atoms with Crippen LogP contribution in [0.1, 0.15) is 25.3 Å². The van der Waals surface area contributed by atoms with Gasteiger partial charge in [0.1, 0.15) is 5.54 Å². The highest BCUT2D eigenvalue weighted by Gasteiger charge is 2.16. The molecule has 3 heteroatoms. The molecule has 0 saturated heterocycles. The molecule has 1 atom stereocenters. The van der Waals surface area contributed by atoms with Crippen molar-refractivity contribution in [3.63, 3.8) is 0 Å². The number of hydrogen-bond acceptors (Lipinski definition) is 3. The molecule has 0 heterocycles. The Kier molecular flexibility index (Phi) is 5.68. The van der Waals surface area contributed by atoms with E-state index >= 15 is 0 Å². The van der Waals surface area contributed by atoms with Crippen LogP contribution in [0.3, 0.4) is 0 Å². The first-order chi connectivity index (χ1) is 8.14. The molecule has 0 saturated carbocycles. The molecule has 0 aliphatic rings. The smallest absolute Gasteiger partial charge is 0.103 e. The second-order valence-corrected chi connectivity index (χ2v) is 4.48. The van der Waals surface area contributed by atoms with Crippen LogP contribution in [0.5, 0.6) is 0 Å². The molecular weight excluding hydrogens is 212 g/mol. The molecular formula is C14H20N2O. The van der Waals surface area contributed by atoms with Crippen LogP contribution in [-0.4, -0.2) is 18.8 Å². The van der Waals surface area contributed by atoms with Crippen molar-refractivity contribution in [1.82, 2.24) is 0 Å². The number of aryl methyl sites for hydroxylation is 1. The summed E-state index contributed by atoms with van der Waals surface area (Å²) in [5.74, 6) is 0. The highest BCUT2D eigenvalue weighted by molar-refractivity contribution is 5.14. The van der Waals surface area contributed by atoms with E-state index in [1.165, 1.54) is 5.56 Å². The molecule has 1 aromatic carbocycles. The van der Waals surface area contributed by atoms with Crippen LogP contribution in [-0.2, 0) is 11.2 Å². The van der Waals surface area contributed by atoms with Gasteiger partial charge in [-0.2, -0.15) is 5.26 Å². The number of nitriles is 1. The third kappa shape index (κ3) is 6.06. The summed E-state index contributed by atoms with van der Waals surface area (Å²) in [6.45, 7) is 2.99. The van der Waals surface area contributed by atoms with Crippen molar-refractivity contribution in [2.45, 2.75) is 31.7 Å². The van der Waals surface area contributed by atoms with Crippen molar-refractivity contribution < 1.29 is 4.74 Å². The van der Waals surface area contributed by atoms with Gasteiger partial charge < -0.3 is 10.5 Å². The fraction of sp³-hybridized carbons (Fsp3) is 0.500. The van der Waals surface area contributed by atoms with Crippen molar-refractivity contribution in [3.05, 3.63) is 35.9 Å². The van der Waals surface area contributed by atoms with Crippen molar-refractivity contribution in [1.29, 1.82) is 5.26 Å². The van der Waals surface area contributed by atoms with Gasteiger partial charge in [-0.25, -0.2) is 0 Å². The minimum Gasteiger partial charge on any atom is -0.381 e. The zero-order valence-electron chi connectivity index (χ0n) is 10.4. The summed E-state index contributed by atoms with van der Waals surface area (Å²) < 4.78 is 5.46. The third-order valence-corrected chi connectivity index (χ3v) is 2.62. The van der Waals surface area contributed by atoms with Crippen molar-refractivity contribution >= 4 is 0 Å². The Labute approximate surface area is 103 Å². The maximum absolute atomic E-state index is 8.71. The fourth-order valence-corrected chi connectivity index (χ4v) is 1.47. The molecule has 0 spiro atoms. The molecule has 0 amide bonds. The lowest BCUT2D eigenvalue weighted by molar-refractivity contribution is 0.121. The van der Waals surface area contributed by atoms with Crippen LogP contribution in [0.4, 0.5) is 0 Å². The van der Waals surface area contributed by atoms with Gasteiger partial charge in [0.05, 0.1) is 6.07 Å².